The van der Waals surface area contributed by atoms with Crippen molar-refractivity contribution in [3.8, 4) is 0 Å². The molecule has 0 rings (SSSR count). The number of allylic oxidation sites excluding steroid dienone is 2. The van der Waals surface area contributed by atoms with Crippen LogP contribution in [-0.2, 0) is 0 Å². The van der Waals surface area contributed by atoms with E-state index in [4.69, 9.17) is 11.6 Å². The van der Waals surface area contributed by atoms with Gasteiger partial charge in [0.2, 0.25) is 0 Å². The predicted octanol–water partition coefficient (Wildman–Crippen LogP) is 3.81. The van der Waals surface area contributed by atoms with Crippen molar-refractivity contribution < 1.29 is 0 Å². The van der Waals surface area contributed by atoms with Crippen molar-refractivity contribution in [1.29, 1.82) is 0 Å². The molecule has 0 aromatic carbocycles. The highest BCUT2D eigenvalue weighted by Gasteiger charge is 1.97. The monoisotopic (exact) mass is 160 g/mol. The SMILES string of the molecule is CC(C)C=C(Cl)CC(C)C. The second-order valence-electron chi connectivity index (χ2n) is 3.46. The minimum Gasteiger partial charge on any atom is -0.0895 e. The summed E-state index contributed by atoms with van der Waals surface area (Å²) >= 11 is 5.93. The number of rotatable bonds is 3. The zero-order valence-electron chi connectivity index (χ0n) is 7.32. The molecule has 1 heteroatoms. The van der Waals surface area contributed by atoms with Gasteiger partial charge in [0, 0.05) is 5.03 Å². The Labute approximate surface area is 69.3 Å². The summed E-state index contributed by atoms with van der Waals surface area (Å²) in [7, 11) is 0. The number of hydrogen-bond donors (Lipinski definition) is 0. The normalized spacial score (nSPS) is 13.3. The first-order valence-corrected chi connectivity index (χ1v) is 4.26. The van der Waals surface area contributed by atoms with Crippen LogP contribution < -0.4 is 0 Å². The van der Waals surface area contributed by atoms with Crippen LogP contribution in [0.25, 0.3) is 0 Å². The topological polar surface area (TPSA) is 0 Å². The summed E-state index contributed by atoms with van der Waals surface area (Å²) in [5, 5.41) is 1.00. The molecule has 0 radical (unpaired) electrons. The van der Waals surface area contributed by atoms with E-state index in [0.717, 1.165) is 11.5 Å². The molecule has 0 amide bonds. The van der Waals surface area contributed by atoms with Crippen molar-refractivity contribution in [2.24, 2.45) is 11.8 Å². The first-order valence-electron chi connectivity index (χ1n) is 3.88. The fourth-order valence-electron chi connectivity index (χ4n) is 0.820. The van der Waals surface area contributed by atoms with Crippen LogP contribution in [0.4, 0.5) is 0 Å². The van der Waals surface area contributed by atoms with Gasteiger partial charge in [-0.2, -0.15) is 0 Å². The zero-order chi connectivity index (χ0) is 8.15. The lowest BCUT2D eigenvalue weighted by Gasteiger charge is -2.03. The summed E-state index contributed by atoms with van der Waals surface area (Å²) in [6, 6.07) is 0. The Kier molecular flexibility index (Phi) is 4.80. The molecule has 0 saturated heterocycles. The third-order valence-corrected chi connectivity index (χ3v) is 1.40. The largest absolute Gasteiger partial charge is 0.0895 e. The van der Waals surface area contributed by atoms with Crippen LogP contribution in [0.2, 0.25) is 0 Å². The molecule has 10 heavy (non-hydrogen) atoms. The molecule has 0 heterocycles. The summed E-state index contributed by atoms with van der Waals surface area (Å²) in [6.45, 7) is 8.64. The van der Waals surface area contributed by atoms with Crippen molar-refractivity contribution in [2.75, 3.05) is 0 Å². The van der Waals surface area contributed by atoms with Crippen LogP contribution in [-0.4, -0.2) is 0 Å². The van der Waals surface area contributed by atoms with E-state index in [1.807, 2.05) is 0 Å². The van der Waals surface area contributed by atoms with Gasteiger partial charge in [0.15, 0.2) is 0 Å². The van der Waals surface area contributed by atoms with Gasteiger partial charge in [-0.25, -0.2) is 0 Å². The standard InChI is InChI=1S/C9H17Cl/c1-7(2)5-9(10)6-8(3)4/h5,7-8H,6H2,1-4H3. The smallest absolute Gasteiger partial charge is 0.0146 e. The van der Waals surface area contributed by atoms with Gasteiger partial charge in [-0.15, -0.1) is 0 Å². The molecule has 0 aliphatic heterocycles. The Hall–Kier alpha value is 0.0300. The Balaban J connectivity index is 3.71. The van der Waals surface area contributed by atoms with Gasteiger partial charge in [-0.3, -0.25) is 0 Å². The van der Waals surface area contributed by atoms with Gasteiger partial charge in [-0.05, 0) is 18.3 Å². The van der Waals surface area contributed by atoms with E-state index >= 15 is 0 Å². The molecule has 60 valence electrons. The second-order valence-corrected chi connectivity index (χ2v) is 3.94. The van der Waals surface area contributed by atoms with Crippen LogP contribution in [0.15, 0.2) is 11.1 Å². The Morgan fingerprint density at radius 2 is 1.80 bits per heavy atom. The minimum atomic E-state index is 0.575. The van der Waals surface area contributed by atoms with E-state index in [1.54, 1.807) is 0 Å². The fourth-order valence-corrected chi connectivity index (χ4v) is 1.38. The summed E-state index contributed by atoms with van der Waals surface area (Å²) < 4.78 is 0. The highest BCUT2D eigenvalue weighted by molar-refractivity contribution is 6.29. The average Bonchev–Trinajstić information content (AvgIpc) is 1.58. The highest BCUT2D eigenvalue weighted by atomic mass is 35.5. The lowest BCUT2D eigenvalue weighted by atomic mass is 10.1. The molecule has 0 N–H and O–H groups in total. The average molecular weight is 161 g/mol. The molecule has 0 nitrogen and oxygen atoms in total. The van der Waals surface area contributed by atoms with E-state index in [-0.39, 0.29) is 0 Å². The Morgan fingerprint density at radius 3 is 2.10 bits per heavy atom. The summed E-state index contributed by atoms with van der Waals surface area (Å²) in [5.74, 6) is 1.24. The van der Waals surface area contributed by atoms with Gasteiger partial charge in [-0.1, -0.05) is 45.4 Å². The van der Waals surface area contributed by atoms with Crippen LogP contribution in [0, 0.1) is 11.8 Å². The van der Waals surface area contributed by atoms with Crippen molar-refractivity contribution in [1.82, 2.24) is 0 Å². The summed E-state index contributed by atoms with van der Waals surface area (Å²) in [6.07, 6.45) is 3.13. The third-order valence-electron chi connectivity index (χ3n) is 1.12. The first kappa shape index (κ1) is 10.0. The van der Waals surface area contributed by atoms with Crippen LogP contribution in [0.3, 0.4) is 0 Å². The summed E-state index contributed by atoms with van der Waals surface area (Å²) in [4.78, 5) is 0. The molecular weight excluding hydrogens is 144 g/mol. The third kappa shape index (κ3) is 6.15. The Bertz CT molecular complexity index is 112. The lowest BCUT2D eigenvalue weighted by molar-refractivity contribution is 0.651. The lowest BCUT2D eigenvalue weighted by Crippen LogP contribution is -1.88. The molecule has 0 atom stereocenters. The van der Waals surface area contributed by atoms with Crippen LogP contribution in [0.1, 0.15) is 34.1 Å². The number of halogens is 1. The Morgan fingerprint density at radius 1 is 1.30 bits per heavy atom. The van der Waals surface area contributed by atoms with Crippen molar-refractivity contribution in [3.63, 3.8) is 0 Å². The van der Waals surface area contributed by atoms with Gasteiger partial charge in [0.25, 0.3) is 0 Å². The molecular formula is C9H17Cl. The fraction of sp³-hybridized carbons (Fsp3) is 0.778. The maximum absolute atomic E-state index is 5.93. The van der Waals surface area contributed by atoms with Crippen molar-refractivity contribution in [2.45, 2.75) is 34.1 Å². The summed E-state index contributed by atoms with van der Waals surface area (Å²) in [5.41, 5.74) is 0. The molecule has 0 aliphatic carbocycles. The van der Waals surface area contributed by atoms with E-state index < -0.39 is 0 Å². The molecule has 0 saturated carbocycles. The van der Waals surface area contributed by atoms with E-state index in [2.05, 4.69) is 33.8 Å². The van der Waals surface area contributed by atoms with E-state index in [9.17, 15) is 0 Å². The molecule has 0 spiro atoms. The molecule has 0 aliphatic rings. The molecule has 0 bridgehead atoms. The number of hydrogen-bond acceptors (Lipinski definition) is 0. The van der Waals surface area contributed by atoms with Gasteiger partial charge in [0.05, 0.1) is 0 Å². The first-order chi connectivity index (χ1) is 4.52. The quantitative estimate of drug-likeness (QED) is 0.589. The molecule has 0 unspecified atom stereocenters. The highest BCUT2D eigenvalue weighted by Crippen LogP contribution is 2.16. The van der Waals surface area contributed by atoms with Crippen LogP contribution in [0.5, 0.6) is 0 Å². The van der Waals surface area contributed by atoms with E-state index in [0.29, 0.717) is 11.8 Å². The van der Waals surface area contributed by atoms with Gasteiger partial charge in [0.1, 0.15) is 0 Å². The maximum Gasteiger partial charge on any atom is 0.0146 e. The van der Waals surface area contributed by atoms with E-state index in [1.165, 1.54) is 0 Å². The molecule has 0 fully saturated rings. The van der Waals surface area contributed by atoms with Gasteiger partial charge < -0.3 is 0 Å². The van der Waals surface area contributed by atoms with Crippen molar-refractivity contribution >= 4 is 11.6 Å². The molecule has 0 aromatic heterocycles. The van der Waals surface area contributed by atoms with Crippen LogP contribution >= 0.6 is 11.6 Å². The minimum absolute atomic E-state index is 0.575. The maximum atomic E-state index is 5.93. The van der Waals surface area contributed by atoms with Crippen molar-refractivity contribution in [3.05, 3.63) is 11.1 Å². The van der Waals surface area contributed by atoms with Gasteiger partial charge >= 0.3 is 0 Å². The second kappa shape index (κ2) is 4.79. The predicted molar refractivity (Wildman–Crippen MR) is 48.2 cm³/mol. The molecule has 0 aromatic rings. The zero-order valence-corrected chi connectivity index (χ0v) is 8.07.